The van der Waals surface area contributed by atoms with E-state index in [2.05, 4.69) is 58.3 Å². The van der Waals surface area contributed by atoms with Crippen LogP contribution in [0.1, 0.15) is 59.6 Å². The summed E-state index contributed by atoms with van der Waals surface area (Å²) in [7, 11) is -0.165. The lowest BCUT2D eigenvalue weighted by molar-refractivity contribution is 0.0528. The molecule has 170 valence electrons. The van der Waals surface area contributed by atoms with Gasteiger partial charge in [0, 0.05) is 6.54 Å². The minimum atomic E-state index is -1.82. The lowest BCUT2D eigenvalue weighted by atomic mass is 10.0. The average molecular weight is 436 g/mol. The third kappa shape index (κ3) is 8.92. The van der Waals surface area contributed by atoms with Gasteiger partial charge in [0.1, 0.15) is 11.4 Å². The third-order valence-electron chi connectivity index (χ3n) is 5.25. The molecule has 0 aliphatic rings. The van der Waals surface area contributed by atoms with Crippen molar-refractivity contribution in [2.75, 3.05) is 13.7 Å². The molecule has 0 aromatic heterocycles. The normalized spacial score (nSPS) is 13.9. The summed E-state index contributed by atoms with van der Waals surface area (Å²) in [6, 6.07) is 6.00. The van der Waals surface area contributed by atoms with E-state index in [9.17, 15) is 4.79 Å². The Balaban J connectivity index is 2.85. The molecule has 1 aromatic rings. The fraction of sp³-hybridized carbons (Fsp3) is 0.625. The summed E-state index contributed by atoms with van der Waals surface area (Å²) in [6.07, 6.45) is 4.50. The van der Waals surface area contributed by atoms with Gasteiger partial charge in [-0.3, -0.25) is 0 Å². The minimum Gasteiger partial charge on any atom is -0.497 e. The van der Waals surface area contributed by atoms with Crippen LogP contribution in [0.3, 0.4) is 0 Å². The molecule has 0 bridgehead atoms. The van der Waals surface area contributed by atoms with Crippen LogP contribution in [0.25, 0.3) is 6.08 Å². The molecule has 1 aromatic carbocycles. The first-order valence-electron chi connectivity index (χ1n) is 10.6. The molecule has 0 radical (unpaired) electrons. The molecule has 0 aliphatic heterocycles. The highest BCUT2D eigenvalue weighted by molar-refractivity contribution is 6.74. The lowest BCUT2D eigenvalue weighted by Crippen LogP contribution is -2.42. The van der Waals surface area contributed by atoms with E-state index in [0.717, 1.165) is 16.9 Å². The van der Waals surface area contributed by atoms with E-state index in [4.69, 9.17) is 13.9 Å². The van der Waals surface area contributed by atoms with E-state index in [1.807, 2.05) is 39.0 Å². The summed E-state index contributed by atoms with van der Waals surface area (Å²) in [5.74, 6) is 0.796. The molecule has 1 atom stereocenters. The van der Waals surface area contributed by atoms with Gasteiger partial charge in [0.05, 0.1) is 13.2 Å². The van der Waals surface area contributed by atoms with Gasteiger partial charge in [-0.1, -0.05) is 39.0 Å². The van der Waals surface area contributed by atoms with Crippen molar-refractivity contribution in [2.24, 2.45) is 0 Å². The Morgan fingerprint density at radius 3 is 2.33 bits per heavy atom. The monoisotopic (exact) mass is 435 g/mol. The minimum absolute atomic E-state index is 0.0285. The summed E-state index contributed by atoms with van der Waals surface area (Å²) >= 11 is 0. The number of ether oxygens (including phenoxy) is 2. The van der Waals surface area contributed by atoms with Crippen molar-refractivity contribution >= 4 is 20.5 Å². The highest BCUT2D eigenvalue weighted by Crippen LogP contribution is 2.37. The number of alkyl carbamates (subject to hydrolysis) is 1. The molecule has 0 saturated heterocycles. The van der Waals surface area contributed by atoms with Crippen molar-refractivity contribution in [3.8, 4) is 5.75 Å². The van der Waals surface area contributed by atoms with Crippen LogP contribution in [0.2, 0.25) is 18.1 Å². The Morgan fingerprint density at radius 2 is 1.80 bits per heavy atom. The molecule has 1 N–H and O–H groups in total. The first kappa shape index (κ1) is 26.2. The lowest BCUT2D eigenvalue weighted by Gasteiger charge is -2.37. The number of benzene rings is 1. The number of carbonyl (C=O) groups is 1. The van der Waals surface area contributed by atoms with Crippen molar-refractivity contribution in [1.82, 2.24) is 5.32 Å². The average Bonchev–Trinajstić information content (AvgIpc) is 2.57. The van der Waals surface area contributed by atoms with Gasteiger partial charge < -0.3 is 19.2 Å². The van der Waals surface area contributed by atoms with E-state index in [-0.39, 0.29) is 11.1 Å². The SMILES string of the molecule is COc1ccc(/C=C/[C@H](C)O[Si](C)(C)C(C)(C)C)c(CCNC(=O)OC(C)(C)C)c1. The zero-order chi connectivity index (χ0) is 23.2. The fourth-order valence-corrected chi connectivity index (χ4v) is 3.98. The predicted octanol–water partition coefficient (Wildman–Crippen LogP) is 6.19. The molecule has 0 aliphatic carbocycles. The highest BCUT2D eigenvalue weighted by Gasteiger charge is 2.38. The predicted molar refractivity (Wildman–Crippen MR) is 128 cm³/mol. The van der Waals surface area contributed by atoms with Gasteiger partial charge in [-0.05, 0) is 75.5 Å². The zero-order valence-corrected chi connectivity index (χ0v) is 21.5. The summed E-state index contributed by atoms with van der Waals surface area (Å²) in [5.41, 5.74) is 1.68. The first-order valence-corrected chi connectivity index (χ1v) is 13.6. The topological polar surface area (TPSA) is 56.8 Å². The second kappa shape index (κ2) is 10.5. The van der Waals surface area contributed by atoms with Crippen molar-refractivity contribution in [1.29, 1.82) is 0 Å². The summed E-state index contributed by atoms with van der Waals surface area (Å²) in [4.78, 5) is 11.9. The van der Waals surface area contributed by atoms with E-state index in [1.165, 1.54) is 0 Å². The van der Waals surface area contributed by atoms with Crippen LogP contribution >= 0.6 is 0 Å². The smallest absolute Gasteiger partial charge is 0.407 e. The van der Waals surface area contributed by atoms with Crippen molar-refractivity contribution in [3.05, 3.63) is 35.4 Å². The summed E-state index contributed by atoms with van der Waals surface area (Å²) < 4.78 is 17.1. The Hall–Kier alpha value is -1.79. The highest BCUT2D eigenvalue weighted by atomic mass is 28.4. The largest absolute Gasteiger partial charge is 0.497 e. The van der Waals surface area contributed by atoms with Crippen LogP contribution in [-0.4, -0.2) is 39.8 Å². The molecule has 5 nitrogen and oxygen atoms in total. The van der Waals surface area contributed by atoms with Crippen LogP contribution in [0.5, 0.6) is 5.75 Å². The molecule has 6 heteroatoms. The molecule has 1 rings (SSSR count). The Labute approximate surface area is 184 Å². The molecule has 0 saturated carbocycles. The van der Waals surface area contributed by atoms with Crippen LogP contribution in [0.15, 0.2) is 24.3 Å². The molecule has 30 heavy (non-hydrogen) atoms. The summed E-state index contributed by atoms with van der Waals surface area (Å²) in [6.45, 7) is 19.4. The first-order chi connectivity index (χ1) is 13.6. The maximum atomic E-state index is 11.9. The third-order valence-corrected chi connectivity index (χ3v) is 9.82. The van der Waals surface area contributed by atoms with E-state index in [0.29, 0.717) is 13.0 Å². The molecule has 0 fully saturated rings. The van der Waals surface area contributed by atoms with Crippen molar-refractivity contribution in [2.45, 2.75) is 84.7 Å². The van der Waals surface area contributed by atoms with E-state index in [1.54, 1.807) is 7.11 Å². The van der Waals surface area contributed by atoms with E-state index >= 15 is 0 Å². The Morgan fingerprint density at radius 1 is 1.17 bits per heavy atom. The standard InChI is InChI=1S/C24H41NO4Si/c1-18(29-30(9,10)24(5,6)7)11-12-19-13-14-21(27-8)17-20(19)15-16-25-22(26)28-23(2,3)4/h11-14,17-18H,15-16H2,1-10H3,(H,25,26)/b12-11+/t18-/m0/s1. The van der Waals surface area contributed by atoms with Crippen LogP contribution in [-0.2, 0) is 15.6 Å². The van der Waals surface area contributed by atoms with Gasteiger partial charge >= 0.3 is 6.09 Å². The summed E-state index contributed by atoms with van der Waals surface area (Å²) in [5, 5.41) is 2.99. The zero-order valence-electron chi connectivity index (χ0n) is 20.5. The maximum Gasteiger partial charge on any atom is 0.407 e. The second-order valence-electron chi connectivity index (χ2n) is 10.2. The van der Waals surface area contributed by atoms with Crippen LogP contribution in [0, 0.1) is 0 Å². The Kier molecular flexibility index (Phi) is 9.18. The number of rotatable bonds is 8. The number of hydrogen-bond donors (Lipinski definition) is 1. The van der Waals surface area contributed by atoms with Gasteiger partial charge in [-0.25, -0.2) is 4.79 Å². The van der Waals surface area contributed by atoms with Gasteiger partial charge in [0.2, 0.25) is 0 Å². The van der Waals surface area contributed by atoms with Gasteiger partial charge in [0.25, 0.3) is 0 Å². The fourth-order valence-electron chi connectivity index (χ4n) is 2.62. The van der Waals surface area contributed by atoms with Gasteiger partial charge in [-0.15, -0.1) is 0 Å². The molecule has 0 spiro atoms. The van der Waals surface area contributed by atoms with Crippen molar-refractivity contribution < 1.29 is 18.7 Å². The molecule has 1 amide bonds. The quantitative estimate of drug-likeness (QED) is 0.495. The van der Waals surface area contributed by atoms with Gasteiger partial charge in [0.15, 0.2) is 8.32 Å². The number of methoxy groups -OCH3 is 1. The van der Waals surface area contributed by atoms with Crippen LogP contribution < -0.4 is 10.1 Å². The molecule has 0 unspecified atom stereocenters. The Bertz CT molecular complexity index is 730. The van der Waals surface area contributed by atoms with Gasteiger partial charge in [-0.2, -0.15) is 0 Å². The van der Waals surface area contributed by atoms with Crippen molar-refractivity contribution in [3.63, 3.8) is 0 Å². The number of carbonyl (C=O) groups excluding carboxylic acids is 1. The second-order valence-corrected chi connectivity index (χ2v) is 14.9. The van der Waals surface area contributed by atoms with E-state index < -0.39 is 20.0 Å². The number of nitrogens with one attached hydrogen (secondary N) is 1. The number of amides is 1. The van der Waals surface area contributed by atoms with Crippen LogP contribution in [0.4, 0.5) is 4.79 Å². The molecular weight excluding hydrogens is 394 g/mol. The maximum absolute atomic E-state index is 11.9. The number of hydrogen-bond acceptors (Lipinski definition) is 4. The molecular formula is C24H41NO4Si. The molecule has 0 heterocycles.